The van der Waals surface area contributed by atoms with Crippen molar-refractivity contribution in [3.8, 4) is 0 Å². The first-order chi connectivity index (χ1) is 8.09. The SMILES string of the molecule is N[C@@H](c1ccc(F)c([N+](=O)[O-])c1)C1CCCC1. The average molecular weight is 238 g/mol. The van der Waals surface area contributed by atoms with Crippen molar-refractivity contribution in [2.75, 3.05) is 0 Å². The highest BCUT2D eigenvalue weighted by Gasteiger charge is 2.25. The normalized spacial score (nSPS) is 18.2. The van der Waals surface area contributed by atoms with Crippen LogP contribution in [-0.4, -0.2) is 4.92 Å². The van der Waals surface area contributed by atoms with Crippen LogP contribution in [0.15, 0.2) is 18.2 Å². The lowest BCUT2D eigenvalue weighted by Crippen LogP contribution is -2.19. The van der Waals surface area contributed by atoms with Crippen molar-refractivity contribution in [3.05, 3.63) is 39.7 Å². The predicted molar refractivity (Wildman–Crippen MR) is 61.9 cm³/mol. The van der Waals surface area contributed by atoms with Gasteiger partial charge >= 0.3 is 5.69 Å². The minimum Gasteiger partial charge on any atom is -0.324 e. The van der Waals surface area contributed by atoms with Crippen LogP contribution in [0.3, 0.4) is 0 Å². The Balaban J connectivity index is 2.26. The van der Waals surface area contributed by atoms with Gasteiger partial charge in [-0.15, -0.1) is 0 Å². The van der Waals surface area contributed by atoms with E-state index in [2.05, 4.69) is 0 Å². The van der Waals surface area contributed by atoms with Crippen molar-refractivity contribution in [2.45, 2.75) is 31.7 Å². The smallest absolute Gasteiger partial charge is 0.305 e. The Bertz CT molecular complexity index is 431. The number of nitrogens with two attached hydrogens (primary N) is 1. The molecule has 0 saturated heterocycles. The van der Waals surface area contributed by atoms with E-state index in [4.69, 9.17) is 5.73 Å². The second-order valence-corrected chi connectivity index (χ2v) is 4.54. The Hall–Kier alpha value is -1.49. The van der Waals surface area contributed by atoms with Gasteiger partial charge in [-0.2, -0.15) is 4.39 Å². The number of nitro groups is 1. The maximum Gasteiger partial charge on any atom is 0.305 e. The standard InChI is InChI=1S/C12H15FN2O2/c13-10-6-5-9(7-11(10)15(16)17)12(14)8-3-1-2-4-8/h5-8,12H,1-4,14H2/t12-/m1/s1. The number of nitro benzene ring substituents is 1. The molecule has 2 rings (SSSR count). The van der Waals surface area contributed by atoms with Crippen molar-refractivity contribution in [2.24, 2.45) is 11.7 Å². The number of hydrogen-bond acceptors (Lipinski definition) is 3. The number of nitrogens with zero attached hydrogens (tertiary/aromatic N) is 1. The molecule has 17 heavy (non-hydrogen) atoms. The Kier molecular flexibility index (Phi) is 3.38. The maximum atomic E-state index is 13.2. The summed E-state index contributed by atoms with van der Waals surface area (Å²) in [6, 6.07) is 3.71. The van der Waals surface area contributed by atoms with Crippen molar-refractivity contribution in [1.29, 1.82) is 0 Å². The molecule has 0 bridgehead atoms. The van der Waals surface area contributed by atoms with Crippen LogP contribution >= 0.6 is 0 Å². The largest absolute Gasteiger partial charge is 0.324 e. The lowest BCUT2D eigenvalue weighted by atomic mass is 9.92. The number of hydrogen-bond donors (Lipinski definition) is 1. The molecular weight excluding hydrogens is 223 g/mol. The van der Waals surface area contributed by atoms with Crippen LogP contribution in [0.25, 0.3) is 0 Å². The molecule has 1 aromatic rings. The topological polar surface area (TPSA) is 69.2 Å². The van der Waals surface area contributed by atoms with Gasteiger partial charge in [0.1, 0.15) is 0 Å². The van der Waals surface area contributed by atoms with Gasteiger partial charge in [-0.25, -0.2) is 0 Å². The monoisotopic (exact) mass is 238 g/mol. The highest BCUT2D eigenvalue weighted by Crippen LogP contribution is 2.35. The Morgan fingerprint density at radius 1 is 1.41 bits per heavy atom. The fraction of sp³-hybridized carbons (Fsp3) is 0.500. The van der Waals surface area contributed by atoms with Crippen molar-refractivity contribution >= 4 is 5.69 Å². The Morgan fingerprint density at radius 3 is 2.65 bits per heavy atom. The first-order valence-electron chi connectivity index (χ1n) is 5.79. The molecule has 1 atom stereocenters. The molecule has 1 fully saturated rings. The van der Waals surface area contributed by atoms with Crippen LogP contribution < -0.4 is 5.73 Å². The van der Waals surface area contributed by atoms with Crippen LogP contribution in [0.1, 0.15) is 37.3 Å². The van der Waals surface area contributed by atoms with Crippen molar-refractivity contribution in [1.82, 2.24) is 0 Å². The summed E-state index contributed by atoms with van der Waals surface area (Å²) in [4.78, 5) is 9.93. The Morgan fingerprint density at radius 2 is 2.06 bits per heavy atom. The van der Waals surface area contributed by atoms with Gasteiger partial charge in [0.05, 0.1) is 4.92 Å². The number of benzene rings is 1. The summed E-state index contributed by atoms with van der Waals surface area (Å²) in [6.45, 7) is 0. The molecular formula is C12H15FN2O2. The molecule has 0 amide bonds. The second-order valence-electron chi connectivity index (χ2n) is 4.54. The fourth-order valence-corrected chi connectivity index (χ4v) is 2.47. The molecule has 0 radical (unpaired) electrons. The second kappa shape index (κ2) is 4.79. The summed E-state index contributed by atoms with van der Waals surface area (Å²) in [5.74, 6) is -0.447. The quantitative estimate of drug-likeness (QED) is 0.650. The molecule has 1 saturated carbocycles. The summed E-state index contributed by atoms with van der Waals surface area (Å²) in [5, 5.41) is 10.6. The molecule has 1 aliphatic carbocycles. The van der Waals surface area contributed by atoms with Gasteiger partial charge in [0, 0.05) is 12.1 Å². The highest BCUT2D eigenvalue weighted by molar-refractivity contribution is 5.37. The molecule has 0 unspecified atom stereocenters. The zero-order valence-electron chi connectivity index (χ0n) is 9.43. The minimum atomic E-state index is -0.808. The van der Waals surface area contributed by atoms with Crippen LogP contribution in [0, 0.1) is 21.8 Å². The van der Waals surface area contributed by atoms with E-state index in [9.17, 15) is 14.5 Å². The van der Waals surface area contributed by atoms with Crippen molar-refractivity contribution in [3.63, 3.8) is 0 Å². The zero-order valence-corrected chi connectivity index (χ0v) is 9.43. The third kappa shape index (κ3) is 2.44. The predicted octanol–water partition coefficient (Wildman–Crippen LogP) is 2.92. The van der Waals surface area contributed by atoms with Crippen LogP contribution in [0.5, 0.6) is 0 Å². The van der Waals surface area contributed by atoms with Crippen molar-refractivity contribution < 1.29 is 9.31 Å². The molecule has 0 spiro atoms. The molecule has 1 aliphatic rings. The van der Waals surface area contributed by atoms with Gasteiger partial charge in [0.25, 0.3) is 0 Å². The molecule has 4 nitrogen and oxygen atoms in total. The van der Waals surface area contributed by atoms with E-state index in [-0.39, 0.29) is 6.04 Å². The first-order valence-corrected chi connectivity index (χ1v) is 5.79. The lowest BCUT2D eigenvalue weighted by molar-refractivity contribution is -0.387. The highest BCUT2D eigenvalue weighted by atomic mass is 19.1. The Labute approximate surface area is 98.8 Å². The summed E-state index contributed by atoms with van der Waals surface area (Å²) in [5.41, 5.74) is 6.24. The van der Waals surface area contributed by atoms with Gasteiger partial charge in [-0.1, -0.05) is 18.9 Å². The molecule has 1 aromatic carbocycles. The van der Waals surface area contributed by atoms with Gasteiger partial charge in [0.2, 0.25) is 5.82 Å². The molecule has 0 aliphatic heterocycles. The van der Waals surface area contributed by atoms with Crippen LogP contribution in [0.4, 0.5) is 10.1 Å². The van der Waals surface area contributed by atoms with Crippen LogP contribution in [-0.2, 0) is 0 Å². The minimum absolute atomic E-state index is 0.225. The number of halogens is 1. The van der Waals surface area contributed by atoms with E-state index < -0.39 is 16.4 Å². The van der Waals surface area contributed by atoms with E-state index in [0.717, 1.165) is 31.7 Å². The van der Waals surface area contributed by atoms with E-state index in [1.54, 1.807) is 6.07 Å². The number of rotatable bonds is 3. The van der Waals surface area contributed by atoms with E-state index in [0.29, 0.717) is 11.5 Å². The molecule has 92 valence electrons. The first kappa shape index (κ1) is 12.0. The summed E-state index contributed by atoms with van der Waals surface area (Å²) >= 11 is 0. The summed E-state index contributed by atoms with van der Waals surface area (Å²) < 4.78 is 13.2. The van der Waals surface area contributed by atoms with Crippen LogP contribution in [0.2, 0.25) is 0 Å². The summed E-state index contributed by atoms with van der Waals surface area (Å²) in [6.07, 6.45) is 4.40. The third-order valence-corrected chi connectivity index (χ3v) is 3.46. The summed E-state index contributed by atoms with van der Waals surface area (Å²) in [7, 11) is 0. The molecule has 0 aromatic heterocycles. The van der Waals surface area contributed by atoms with Gasteiger partial charge in [-0.3, -0.25) is 10.1 Å². The van der Waals surface area contributed by atoms with E-state index in [1.807, 2.05) is 0 Å². The fourth-order valence-electron chi connectivity index (χ4n) is 2.47. The molecule has 2 N–H and O–H groups in total. The third-order valence-electron chi connectivity index (χ3n) is 3.46. The van der Waals surface area contributed by atoms with E-state index in [1.165, 1.54) is 6.07 Å². The lowest BCUT2D eigenvalue weighted by Gasteiger charge is -2.18. The molecule has 5 heteroatoms. The van der Waals surface area contributed by atoms with Gasteiger partial charge < -0.3 is 5.73 Å². The van der Waals surface area contributed by atoms with Gasteiger partial charge in [0.15, 0.2) is 0 Å². The van der Waals surface area contributed by atoms with Gasteiger partial charge in [-0.05, 0) is 30.4 Å². The van der Waals surface area contributed by atoms with E-state index >= 15 is 0 Å². The average Bonchev–Trinajstić information content (AvgIpc) is 2.81. The maximum absolute atomic E-state index is 13.2. The molecule has 0 heterocycles. The zero-order chi connectivity index (χ0) is 12.4.